The van der Waals surface area contributed by atoms with Crippen LogP contribution in [0.15, 0.2) is 48.7 Å². The molecule has 3 aliphatic rings. The molecule has 2 aromatic carbocycles. The molecule has 1 saturated heterocycles. The van der Waals surface area contributed by atoms with E-state index in [9.17, 15) is 9.59 Å². The van der Waals surface area contributed by atoms with Crippen LogP contribution in [0.3, 0.4) is 0 Å². The summed E-state index contributed by atoms with van der Waals surface area (Å²) < 4.78 is 17.2. The molecule has 186 valence electrons. The molecule has 3 aromatic rings. The van der Waals surface area contributed by atoms with Crippen molar-refractivity contribution in [3.05, 3.63) is 69.7 Å². The molecule has 6 rings (SSSR count). The van der Waals surface area contributed by atoms with Crippen LogP contribution in [0.25, 0.3) is 0 Å². The molecular weight excluding hydrogens is 502 g/mol. The number of halogens is 1. The summed E-state index contributed by atoms with van der Waals surface area (Å²) in [5, 5.41) is 7.01. The Labute approximate surface area is 216 Å². The molecule has 1 saturated carbocycles. The lowest BCUT2D eigenvalue weighted by molar-refractivity contribution is -0.120. The Balaban J connectivity index is 1.20. The van der Waals surface area contributed by atoms with Gasteiger partial charge in [0.05, 0.1) is 22.9 Å². The van der Waals surface area contributed by atoms with Crippen LogP contribution in [0.4, 0.5) is 5.13 Å². The van der Waals surface area contributed by atoms with Crippen LogP contribution in [-0.2, 0) is 19.7 Å². The van der Waals surface area contributed by atoms with Crippen molar-refractivity contribution in [3.8, 4) is 11.5 Å². The molecule has 2 aliphatic heterocycles. The minimum Gasteiger partial charge on any atom is -0.454 e. The van der Waals surface area contributed by atoms with E-state index in [0.717, 1.165) is 35.3 Å². The molecule has 2 fully saturated rings. The largest absolute Gasteiger partial charge is 0.454 e. The molecule has 1 aliphatic carbocycles. The fourth-order valence-electron chi connectivity index (χ4n) is 4.68. The van der Waals surface area contributed by atoms with Gasteiger partial charge in [0.25, 0.3) is 0 Å². The number of thiazole rings is 1. The smallest absolute Gasteiger partial charge is 0.236 e. The van der Waals surface area contributed by atoms with E-state index in [1.165, 1.54) is 11.3 Å². The lowest BCUT2D eigenvalue weighted by Crippen LogP contribution is -2.30. The Kier molecular flexibility index (Phi) is 6.07. The number of nitrogens with one attached hydrogen (secondary N) is 2. The molecule has 3 heterocycles. The zero-order valence-corrected chi connectivity index (χ0v) is 20.9. The number of carbonyl (C=O) groups is 2. The van der Waals surface area contributed by atoms with Crippen molar-refractivity contribution in [2.45, 2.75) is 43.2 Å². The Morgan fingerprint density at radius 2 is 2.08 bits per heavy atom. The van der Waals surface area contributed by atoms with Crippen molar-refractivity contribution in [1.29, 1.82) is 0 Å². The van der Waals surface area contributed by atoms with Crippen molar-refractivity contribution >= 4 is 39.9 Å². The van der Waals surface area contributed by atoms with Crippen LogP contribution in [0.5, 0.6) is 11.5 Å². The van der Waals surface area contributed by atoms with E-state index in [1.807, 2.05) is 42.5 Å². The van der Waals surface area contributed by atoms with Gasteiger partial charge in [-0.25, -0.2) is 4.98 Å². The quantitative estimate of drug-likeness (QED) is 0.446. The SMILES string of the molecule is O=C1CC[C@@H](CO[C@@H](c2cnc(NC(=O)C3(c4ccc5c(c4)OCO5)CC3)s2)c2ccccc2Cl)N1. The van der Waals surface area contributed by atoms with Gasteiger partial charge in [0, 0.05) is 23.2 Å². The molecule has 8 nitrogen and oxygen atoms in total. The van der Waals surface area contributed by atoms with Gasteiger partial charge in [-0.2, -0.15) is 0 Å². The summed E-state index contributed by atoms with van der Waals surface area (Å²) in [7, 11) is 0. The van der Waals surface area contributed by atoms with Crippen LogP contribution in [0.2, 0.25) is 5.02 Å². The molecule has 2 N–H and O–H groups in total. The molecule has 0 spiro atoms. The van der Waals surface area contributed by atoms with Crippen molar-refractivity contribution in [3.63, 3.8) is 0 Å². The number of nitrogens with zero attached hydrogens (tertiary/aromatic N) is 1. The third-order valence-corrected chi connectivity index (χ3v) is 8.15. The van der Waals surface area contributed by atoms with Crippen molar-refractivity contribution < 1.29 is 23.8 Å². The number of ether oxygens (including phenoxy) is 3. The Hall–Kier alpha value is -3.14. The highest BCUT2D eigenvalue weighted by molar-refractivity contribution is 7.15. The summed E-state index contributed by atoms with van der Waals surface area (Å²) in [6.07, 6.45) is 4.00. The van der Waals surface area contributed by atoms with E-state index >= 15 is 0 Å². The number of anilines is 1. The summed E-state index contributed by atoms with van der Waals surface area (Å²) in [6.45, 7) is 0.552. The minimum absolute atomic E-state index is 0.0361. The summed E-state index contributed by atoms with van der Waals surface area (Å²) >= 11 is 7.86. The first kappa shape index (κ1) is 23.3. The Bertz CT molecular complexity index is 1320. The predicted octanol–water partition coefficient (Wildman–Crippen LogP) is 4.58. The lowest BCUT2D eigenvalue weighted by atomic mass is 9.94. The van der Waals surface area contributed by atoms with Crippen LogP contribution in [0.1, 0.15) is 47.8 Å². The molecule has 2 amide bonds. The van der Waals surface area contributed by atoms with Gasteiger partial charge in [0.1, 0.15) is 6.10 Å². The molecule has 0 bridgehead atoms. The fraction of sp³-hybridized carbons (Fsp3) is 0.346. The maximum Gasteiger partial charge on any atom is 0.236 e. The number of rotatable bonds is 8. The van der Waals surface area contributed by atoms with E-state index in [-0.39, 0.29) is 24.6 Å². The van der Waals surface area contributed by atoms with Crippen molar-refractivity contribution in [2.75, 3.05) is 18.7 Å². The van der Waals surface area contributed by atoms with Gasteiger partial charge in [-0.15, -0.1) is 0 Å². The second-order valence-corrected chi connectivity index (χ2v) is 10.7. The van der Waals surface area contributed by atoms with E-state index in [2.05, 4.69) is 15.6 Å². The molecule has 0 unspecified atom stereocenters. The minimum atomic E-state index is -0.591. The van der Waals surface area contributed by atoms with Crippen LogP contribution in [-0.4, -0.2) is 36.2 Å². The number of benzene rings is 2. The van der Waals surface area contributed by atoms with Gasteiger partial charge in [0.15, 0.2) is 16.6 Å². The molecule has 0 radical (unpaired) electrons. The van der Waals surface area contributed by atoms with Crippen LogP contribution < -0.4 is 20.1 Å². The number of hydrogen-bond donors (Lipinski definition) is 2. The van der Waals surface area contributed by atoms with E-state index in [0.29, 0.717) is 34.7 Å². The fourth-order valence-corrected chi connectivity index (χ4v) is 5.79. The predicted molar refractivity (Wildman–Crippen MR) is 135 cm³/mol. The second kappa shape index (κ2) is 9.38. The standard InChI is InChI=1S/C26H24ClN3O5S/c27-18-4-2-1-3-17(18)23(33-13-16-6-8-22(31)29-16)21-12-28-25(36-21)30-24(32)26(9-10-26)15-5-7-19-20(11-15)35-14-34-19/h1-5,7,11-12,16,23H,6,8-10,13-14H2,(H,29,31)(H,28,30,32)/t16-,23+/m0/s1. The number of hydrogen-bond acceptors (Lipinski definition) is 7. The highest BCUT2D eigenvalue weighted by Crippen LogP contribution is 2.51. The second-order valence-electron chi connectivity index (χ2n) is 9.21. The molecule has 2 atom stereocenters. The van der Waals surface area contributed by atoms with Crippen molar-refractivity contribution in [1.82, 2.24) is 10.3 Å². The maximum absolute atomic E-state index is 13.3. The molecule has 10 heteroatoms. The highest BCUT2D eigenvalue weighted by Gasteiger charge is 2.52. The van der Waals surface area contributed by atoms with Crippen molar-refractivity contribution in [2.24, 2.45) is 0 Å². The van der Waals surface area contributed by atoms with Gasteiger partial charge < -0.3 is 24.8 Å². The van der Waals surface area contributed by atoms with E-state index < -0.39 is 11.5 Å². The van der Waals surface area contributed by atoms with Crippen LogP contribution in [0, 0.1) is 0 Å². The zero-order chi connectivity index (χ0) is 24.7. The number of fused-ring (bicyclic) bond motifs is 1. The van der Waals surface area contributed by atoms with Gasteiger partial charge in [0.2, 0.25) is 18.6 Å². The third kappa shape index (κ3) is 4.42. The Morgan fingerprint density at radius 3 is 2.86 bits per heavy atom. The third-order valence-electron chi connectivity index (χ3n) is 6.85. The van der Waals surface area contributed by atoms with Gasteiger partial charge in [-0.3, -0.25) is 9.59 Å². The summed E-state index contributed by atoms with van der Waals surface area (Å²) in [4.78, 5) is 30.2. The van der Waals surface area contributed by atoms with E-state index in [1.54, 1.807) is 6.20 Å². The number of carbonyl (C=O) groups excluding carboxylic acids is 2. The summed E-state index contributed by atoms with van der Waals surface area (Å²) in [6, 6.07) is 13.1. The lowest BCUT2D eigenvalue weighted by Gasteiger charge is -2.20. The molecule has 1 aromatic heterocycles. The maximum atomic E-state index is 13.3. The first-order chi connectivity index (χ1) is 17.5. The average Bonchev–Trinajstić information content (AvgIpc) is 3.17. The topological polar surface area (TPSA) is 98.8 Å². The first-order valence-corrected chi connectivity index (χ1v) is 13.0. The van der Waals surface area contributed by atoms with E-state index in [4.69, 9.17) is 25.8 Å². The Morgan fingerprint density at radius 1 is 1.25 bits per heavy atom. The van der Waals surface area contributed by atoms with Gasteiger partial charge in [-0.1, -0.05) is 47.2 Å². The average molecular weight is 526 g/mol. The van der Waals surface area contributed by atoms with Gasteiger partial charge in [-0.05, 0) is 43.0 Å². The summed E-state index contributed by atoms with van der Waals surface area (Å²) in [5.74, 6) is 1.31. The molecular formula is C26H24ClN3O5S. The molecule has 36 heavy (non-hydrogen) atoms. The monoisotopic (exact) mass is 525 g/mol. The summed E-state index contributed by atoms with van der Waals surface area (Å²) in [5.41, 5.74) is 1.13. The highest BCUT2D eigenvalue weighted by atomic mass is 35.5. The normalized spacial score (nSPS) is 20.1. The zero-order valence-electron chi connectivity index (χ0n) is 19.3. The number of aromatic nitrogens is 1. The first-order valence-electron chi connectivity index (χ1n) is 11.8. The van der Waals surface area contributed by atoms with Crippen LogP contribution >= 0.6 is 22.9 Å². The number of amides is 2. The van der Waals surface area contributed by atoms with Gasteiger partial charge >= 0.3 is 0 Å².